The second-order valence-electron chi connectivity index (χ2n) is 5.08. The number of hydrogen-bond acceptors (Lipinski definition) is 3. The summed E-state index contributed by atoms with van der Waals surface area (Å²) in [5, 5.41) is 3.52. The van der Waals surface area contributed by atoms with Crippen molar-refractivity contribution in [1.82, 2.24) is 4.98 Å². The summed E-state index contributed by atoms with van der Waals surface area (Å²) in [7, 11) is 0. The number of rotatable bonds is 2. The highest BCUT2D eigenvalue weighted by Crippen LogP contribution is 2.39. The summed E-state index contributed by atoms with van der Waals surface area (Å²) in [5.74, 6) is 0.821. The van der Waals surface area contributed by atoms with Gasteiger partial charge in [-0.15, -0.1) is 11.8 Å². The van der Waals surface area contributed by atoms with E-state index in [0.717, 1.165) is 39.7 Å². The number of thioether (sulfide) groups is 1. The molecule has 2 aromatic rings. The molecule has 0 aliphatic carbocycles. The molecule has 1 aliphatic heterocycles. The van der Waals surface area contributed by atoms with E-state index < -0.39 is 0 Å². The molecule has 1 N–H and O–H groups in total. The van der Waals surface area contributed by atoms with E-state index in [2.05, 4.69) is 16.4 Å². The van der Waals surface area contributed by atoms with Crippen molar-refractivity contribution in [3.8, 4) is 0 Å². The van der Waals surface area contributed by atoms with E-state index in [1.165, 1.54) is 6.07 Å². The van der Waals surface area contributed by atoms with Gasteiger partial charge in [-0.3, -0.25) is 4.98 Å². The molecule has 0 radical (unpaired) electrons. The number of pyridine rings is 1. The Morgan fingerprint density at radius 2 is 2.10 bits per heavy atom. The summed E-state index contributed by atoms with van der Waals surface area (Å²) in [6.07, 6.45) is 0.994. The first-order valence-electron chi connectivity index (χ1n) is 6.77. The van der Waals surface area contributed by atoms with Crippen LogP contribution in [-0.2, 0) is 0 Å². The molecule has 1 aliphatic rings. The zero-order valence-corrected chi connectivity index (χ0v) is 12.4. The van der Waals surface area contributed by atoms with Crippen LogP contribution >= 0.6 is 11.8 Å². The van der Waals surface area contributed by atoms with Crippen LogP contribution in [0.1, 0.15) is 29.4 Å². The fourth-order valence-electron chi connectivity index (χ4n) is 2.56. The first-order valence-corrected chi connectivity index (χ1v) is 7.75. The Bertz CT molecular complexity index is 642. The molecule has 0 amide bonds. The minimum Gasteiger partial charge on any atom is -0.377 e. The van der Waals surface area contributed by atoms with E-state index in [4.69, 9.17) is 0 Å². The third kappa shape index (κ3) is 2.52. The Kier molecular flexibility index (Phi) is 3.66. The van der Waals surface area contributed by atoms with E-state index in [0.29, 0.717) is 0 Å². The molecule has 0 fully saturated rings. The third-order valence-corrected chi connectivity index (χ3v) is 4.74. The largest absolute Gasteiger partial charge is 0.377 e. The van der Waals surface area contributed by atoms with Gasteiger partial charge in [0.25, 0.3) is 0 Å². The number of nitrogens with one attached hydrogen (secondary N) is 1. The van der Waals surface area contributed by atoms with Gasteiger partial charge >= 0.3 is 0 Å². The van der Waals surface area contributed by atoms with Crippen LogP contribution in [0.3, 0.4) is 0 Å². The van der Waals surface area contributed by atoms with Crippen molar-refractivity contribution in [3.05, 3.63) is 53.1 Å². The summed E-state index contributed by atoms with van der Waals surface area (Å²) >= 11 is 1.61. The van der Waals surface area contributed by atoms with Gasteiger partial charge in [0.1, 0.15) is 5.82 Å². The van der Waals surface area contributed by atoms with E-state index in [1.807, 2.05) is 26.0 Å². The SMILES string of the molecule is Cc1ccc(NC2CCSc3c(F)cccc32)c(C)n1. The van der Waals surface area contributed by atoms with Crippen molar-refractivity contribution in [3.63, 3.8) is 0 Å². The maximum atomic E-state index is 13.9. The van der Waals surface area contributed by atoms with Crippen LogP contribution in [0.15, 0.2) is 35.2 Å². The summed E-state index contributed by atoms with van der Waals surface area (Å²) in [5.41, 5.74) is 4.09. The third-order valence-electron chi connectivity index (χ3n) is 3.58. The van der Waals surface area contributed by atoms with E-state index >= 15 is 0 Å². The Morgan fingerprint density at radius 1 is 1.25 bits per heavy atom. The highest BCUT2D eigenvalue weighted by atomic mass is 32.2. The highest BCUT2D eigenvalue weighted by molar-refractivity contribution is 7.99. The van der Waals surface area contributed by atoms with Gasteiger partial charge in [-0.2, -0.15) is 0 Å². The normalized spacial score (nSPS) is 17.6. The van der Waals surface area contributed by atoms with Crippen LogP contribution in [-0.4, -0.2) is 10.7 Å². The zero-order chi connectivity index (χ0) is 14.1. The number of hydrogen-bond donors (Lipinski definition) is 1. The number of benzene rings is 1. The quantitative estimate of drug-likeness (QED) is 0.881. The minimum atomic E-state index is -0.113. The molecule has 20 heavy (non-hydrogen) atoms. The Balaban J connectivity index is 1.91. The van der Waals surface area contributed by atoms with Gasteiger partial charge in [-0.1, -0.05) is 12.1 Å². The average molecular weight is 288 g/mol. The Labute approximate surface area is 122 Å². The lowest BCUT2D eigenvalue weighted by molar-refractivity contribution is 0.585. The summed E-state index contributed by atoms with van der Waals surface area (Å²) in [6, 6.07) is 9.55. The van der Waals surface area contributed by atoms with Crippen LogP contribution in [0.25, 0.3) is 0 Å². The van der Waals surface area contributed by atoms with Gasteiger partial charge in [-0.25, -0.2) is 4.39 Å². The lowest BCUT2D eigenvalue weighted by atomic mass is 10.0. The molecular weight excluding hydrogens is 271 g/mol. The topological polar surface area (TPSA) is 24.9 Å². The molecule has 0 saturated heterocycles. The number of halogens is 1. The summed E-state index contributed by atoms with van der Waals surface area (Å²) < 4.78 is 13.9. The Hall–Kier alpha value is -1.55. The van der Waals surface area contributed by atoms with Gasteiger partial charge < -0.3 is 5.32 Å². The van der Waals surface area contributed by atoms with Crippen LogP contribution < -0.4 is 5.32 Å². The lowest BCUT2D eigenvalue weighted by Gasteiger charge is -2.27. The molecule has 104 valence electrons. The maximum absolute atomic E-state index is 13.9. The van der Waals surface area contributed by atoms with Crippen molar-refractivity contribution < 1.29 is 4.39 Å². The monoisotopic (exact) mass is 288 g/mol. The molecule has 2 heterocycles. The fraction of sp³-hybridized carbons (Fsp3) is 0.312. The van der Waals surface area contributed by atoms with Gasteiger partial charge in [0.2, 0.25) is 0 Å². The molecule has 0 bridgehead atoms. The smallest absolute Gasteiger partial charge is 0.137 e. The first-order chi connectivity index (χ1) is 9.65. The molecule has 0 saturated carbocycles. The molecule has 1 aromatic heterocycles. The molecule has 1 aromatic carbocycles. The first kappa shape index (κ1) is 13.4. The minimum absolute atomic E-state index is 0.113. The van der Waals surface area contributed by atoms with Crippen molar-refractivity contribution in [1.29, 1.82) is 0 Å². The van der Waals surface area contributed by atoms with Crippen molar-refractivity contribution >= 4 is 17.4 Å². The number of aryl methyl sites for hydroxylation is 2. The van der Waals surface area contributed by atoms with Gasteiger partial charge in [0, 0.05) is 16.3 Å². The van der Waals surface area contributed by atoms with E-state index in [-0.39, 0.29) is 11.9 Å². The van der Waals surface area contributed by atoms with E-state index in [9.17, 15) is 4.39 Å². The average Bonchev–Trinajstić information content (AvgIpc) is 2.43. The number of anilines is 1. The standard InChI is InChI=1S/C16H17FN2S/c1-10-6-7-14(11(2)18-10)19-15-8-9-20-16-12(15)4-3-5-13(16)17/h3-7,15,19H,8-9H2,1-2H3. The predicted octanol–water partition coefficient (Wildman–Crippen LogP) is 4.49. The molecule has 1 atom stereocenters. The molecule has 4 heteroatoms. The number of fused-ring (bicyclic) bond motifs is 1. The molecule has 3 rings (SSSR count). The van der Waals surface area contributed by atoms with Crippen LogP contribution in [0, 0.1) is 19.7 Å². The predicted molar refractivity (Wildman–Crippen MR) is 81.8 cm³/mol. The maximum Gasteiger partial charge on any atom is 0.137 e. The second-order valence-corrected chi connectivity index (χ2v) is 6.18. The highest BCUT2D eigenvalue weighted by Gasteiger charge is 2.23. The summed E-state index contributed by atoms with van der Waals surface area (Å²) in [6.45, 7) is 3.98. The van der Waals surface area contributed by atoms with Gasteiger partial charge in [-0.05, 0) is 44.0 Å². The Morgan fingerprint density at radius 3 is 2.90 bits per heavy atom. The van der Waals surface area contributed by atoms with E-state index in [1.54, 1.807) is 17.8 Å². The van der Waals surface area contributed by atoms with Crippen molar-refractivity contribution in [2.24, 2.45) is 0 Å². The lowest BCUT2D eigenvalue weighted by Crippen LogP contribution is -2.17. The van der Waals surface area contributed by atoms with Crippen LogP contribution in [0.2, 0.25) is 0 Å². The van der Waals surface area contributed by atoms with Gasteiger partial charge in [0.15, 0.2) is 0 Å². The molecule has 1 unspecified atom stereocenters. The fourth-order valence-corrected chi connectivity index (χ4v) is 3.70. The number of aromatic nitrogens is 1. The van der Waals surface area contributed by atoms with Crippen LogP contribution in [0.5, 0.6) is 0 Å². The van der Waals surface area contributed by atoms with Crippen LogP contribution in [0.4, 0.5) is 10.1 Å². The molecular formula is C16H17FN2S. The molecule has 2 nitrogen and oxygen atoms in total. The van der Waals surface area contributed by atoms with Gasteiger partial charge in [0.05, 0.1) is 17.4 Å². The molecule has 0 spiro atoms. The summed E-state index contributed by atoms with van der Waals surface area (Å²) in [4.78, 5) is 5.26. The van der Waals surface area contributed by atoms with Crippen molar-refractivity contribution in [2.45, 2.75) is 31.2 Å². The zero-order valence-electron chi connectivity index (χ0n) is 11.6. The van der Waals surface area contributed by atoms with Crippen molar-refractivity contribution in [2.75, 3.05) is 11.1 Å². The number of nitrogens with zero attached hydrogens (tertiary/aromatic N) is 1. The second kappa shape index (κ2) is 5.44.